The molecule has 5 heteroatoms. The van der Waals surface area contributed by atoms with Crippen molar-refractivity contribution in [3.05, 3.63) is 48.6 Å². The minimum Gasteiger partial charge on any atom is -0.480 e. The van der Waals surface area contributed by atoms with E-state index in [4.69, 9.17) is 5.11 Å². The molecule has 0 saturated heterocycles. The minimum absolute atomic E-state index is 0.248. The van der Waals surface area contributed by atoms with Crippen LogP contribution in [0.25, 0.3) is 0 Å². The van der Waals surface area contributed by atoms with Crippen molar-refractivity contribution >= 4 is 12.0 Å². The summed E-state index contributed by atoms with van der Waals surface area (Å²) in [4.78, 5) is 22.4. The molecule has 3 N–H and O–H groups in total. The standard InChI is InChI=1S/C13H16N2O3/c1-2-8-14-13(18)15-11(12(16)17)9-10-6-4-3-5-7-10/h2-7,11H,1,8-9H2,(H,16,17)(H2,14,15,18)/t11-/m1/s1. The lowest BCUT2D eigenvalue weighted by molar-refractivity contribution is -0.139. The van der Waals surface area contributed by atoms with Gasteiger partial charge in [-0.3, -0.25) is 0 Å². The molecule has 0 aliphatic heterocycles. The van der Waals surface area contributed by atoms with E-state index >= 15 is 0 Å². The molecule has 96 valence electrons. The molecule has 2 amide bonds. The molecule has 0 bridgehead atoms. The van der Waals surface area contributed by atoms with Crippen molar-refractivity contribution < 1.29 is 14.7 Å². The van der Waals surface area contributed by atoms with Crippen molar-refractivity contribution in [3.8, 4) is 0 Å². The molecule has 0 radical (unpaired) electrons. The SMILES string of the molecule is C=CCNC(=O)N[C@H](Cc1ccccc1)C(=O)O. The lowest BCUT2D eigenvalue weighted by Crippen LogP contribution is -2.47. The molecule has 0 unspecified atom stereocenters. The molecular weight excluding hydrogens is 232 g/mol. The topological polar surface area (TPSA) is 78.4 Å². The van der Waals surface area contributed by atoms with Crippen LogP contribution in [0.3, 0.4) is 0 Å². The second-order valence-electron chi connectivity index (χ2n) is 3.72. The van der Waals surface area contributed by atoms with Crippen LogP contribution in [0.15, 0.2) is 43.0 Å². The van der Waals surface area contributed by atoms with Crippen molar-refractivity contribution in [1.82, 2.24) is 10.6 Å². The maximum Gasteiger partial charge on any atom is 0.326 e. The van der Waals surface area contributed by atoms with Crippen molar-refractivity contribution in [2.24, 2.45) is 0 Å². The first kappa shape index (κ1) is 13.8. The van der Waals surface area contributed by atoms with Gasteiger partial charge in [-0.05, 0) is 5.56 Å². The van der Waals surface area contributed by atoms with Crippen molar-refractivity contribution in [3.63, 3.8) is 0 Å². The molecule has 18 heavy (non-hydrogen) atoms. The van der Waals surface area contributed by atoms with Gasteiger partial charge < -0.3 is 15.7 Å². The molecule has 0 aliphatic rings. The predicted octanol–water partition coefficient (Wildman–Crippen LogP) is 1.17. The first-order chi connectivity index (χ1) is 8.63. The first-order valence-electron chi connectivity index (χ1n) is 5.55. The van der Waals surface area contributed by atoms with Gasteiger partial charge in [-0.25, -0.2) is 9.59 Å². The second-order valence-corrected chi connectivity index (χ2v) is 3.72. The Morgan fingerprint density at radius 3 is 2.56 bits per heavy atom. The number of hydrogen-bond donors (Lipinski definition) is 3. The Morgan fingerprint density at radius 1 is 1.33 bits per heavy atom. The Hall–Kier alpha value is -2.30. The van der Waals surface area contributed by atoms with E-state index in [1.165, 1.54) is 6.08 Å². The summed E-state index contributed by atoms with van der Waals surface area (Å²) >= 11 is 0. The van der Waals surface area contributed by atoms with E-state index in [1.807, 2.05) is 30.3 Å². The molecule has 0 heterocycles. The van der Waals surface area contributed by atoms with Crippen LogP contribution in [0.4, 0.5) is 4.79 Å². The van der Waals surface area contributed by atoms with Gasteiger partial charge in [-0.1, -0.05) is 36.4 Å². The van der Waals surface area contributed by atoms with E-state index in [9.17, 15) is 9.59 Å². The number of amides is 2. The number of carbonyl (C=O) groups excluding carboxylic acids is 1. The van der Waals surface area contributed by atoms with Crippen LogP contribution >= 0.6 is 0 Å². The summed E-state index contributed by atoms with van der Waals surface area (Å²) in [5.41, 5.74) is 0.855. The highest BCUT2D eigenvalue weighted by Gasteiger charge is 2.19. The molecule has 0 aliphatic carbocycles. The van der Waals surface area contributed by atoms with Crippen LogP contribution in [-0.2, 0) is 11.2 Å². The van der Waals surface area contributed by atoms with Gasteiger partial charge in [0.2, 0.25) is 0 Å². The van der Waals surface area contributed by atoms with Crippen LogP contribution in [0.1, 0.15) is 5.56 Å². The number of hydrogen-bond acceptors (Lipinski definition) is 2. The van der Waals surface area contributed by atoms with Gasteiger partial charge in [-0.15, -0.1) is 6.58 Å². The maximum absolute atomic E-state index is 11.4. The Kier molecular flexibility index (Phi) is 5.44. The van der Waals surface area contributed by atoms with Gasteiger partial charge in [0.25, 0.3) is 0 Å². The molecule has 1 rings (SSSR count). The quantitative estimate of drug-likeness (QED) is 0.661. The number of carboxylic acid groups (broad SMARTS) is 1. The van der Waals surface area contributed by atoms with E-state index in [0.29, 0.717) is 6.54 Å². The maximum atomic E-state index is 11.4. The fourth-order valence-corrected chi connectivity index (χ4v) is 1.42. The van der Waals surface area contributed by atoms with Crippen molar-refractivity contribution in [1.29, 1.82) is 0 Å². The number of carbonyl (C=O) groups is 2. The lowest BCUT2D eigenvalue weighted by atomic mass is 10.1. The highest BCUT2D eigenvalue weighted by atomic mass is 16.4. The van der Waals surface area contributed by atoms with Crippen LogP contribution in [0, 0.1) is 0 Å². The summed E-state index contributed by atoms with van der Waals surface area (Å²) in [5.74, 6) is -1.06. The van der Waals surface area contributed by atoms with Crippen molar-refractivity contribution in [2.75, 3.05) is 6.54 Å². The molecule has 5 nitrogen and oxygen atoms in total. The average molecular weight is 248 g/mol. The second kappa shape index (κ2) is 7.11. The van der Waals surface area contributed by atoms with E-state index in [-0.39, 0.29) is 6.42 Å². The Morgan fingerprint density at radius 2 is 2.00 bits per heavy atom. The molecule has 1 aromatic rings. The number of urea groups is 1. The number of nitrogens with one attached hydrogen (secondary N) is 2. The zero-order chi connectivity index (χ0) is 13.4. The van der Waals surface area contributed by atoms with E-state index in [1.54, 1.807) is 0 Å². The third-order valence-corrected chi connectivity index (χ3v) is 2.29. The minimum atomic E-state index is -1.06. The van der Waals surface area contributed by atoms with Gasteiger partial charge >= 0.3 is 12.0 Å². The van der Waals surface area contributed by atoms with Crippen LogP contribution in [-0.4, -0.2) is 29.7 Å². The Balaban J connectivity index is 2.58. The molecule has 1 aromatic carbocycles. The molecule has 0 aromatic heterocycles. The lowest BCUT2D eigenvalue weighted by Gasteiger charge is -2.14. The van der Waals surface area contributed by atoms with Gasteiger partial charge in [-0.2, -0.15) is 0 Å². The zero-order valence-electron chi connectivity index (χ0n) is 9.93. The number of carboxylic acids is 1. The van der Waals surface area contributed by atoms with Crippen LogP contribution < -0.4 is 10.6 Å². The highest BCUT2D eigenvalue weighted by molar-refractivity contribution is 5.82. The Labute approximate surface area is 106 Å². The highest BCUT2D eigenvalue weighted by Crippen LogP contribution is 2.03. The summed E-state index contributed by atoms with van der Waals surface area (Å²) < 4.78 is 0. The van der Waals surface area contributed by atoms with Crippen LogP contribution in [0.2, 0.25) is 0 Å². The van der Waals surface area contributed by atoms with Gasteiger partial charge in [0.1, 0.15) is 6.04 Å². The van der Waals surface area contributed by atoms with Gasteiger partial charge in [0, 0.05) is 13.0 Å². The summed E-state index contributed by atoms with van der Waals surface area (Å²) in [6.07, 6.45) is 1.77. The molecule has 1 atom stereocenters. The normalized spacial score (nSPS) is 11.3. The van der Waals surface area contributed by atoms with Gasteiger partial charge in [0.15, 0.2) is 0 Å². The third-order valence-electron chi connectivity index (χ3n) is 2.29. The largest absolute Gasteiger partial charge is 0.480 e. The van der Waals surface area contributed by atoms with Gasteiger partial charge in [0.05, 0.1) is 0 Å². The number of aliphatic carboxylic acids is 1. The first-order valence-corrected chi connectivity index (χ1v) is 5.55. The number of benzene rings is 1. The Bertz CT molecular complexity index is 418. The number of rotatable bonds is 6. The van der Waals surface area contributed by atoms with E-state index < -0.39 is 18.0 Å². The predicted molar refractivity (Wildman–Crippen MR) is 68.3 cm³/mol. The molecule has 0 saturated carbocycles. The zero-order valence-corrected chi connectivity index (χ0v) is 9.93. The van der Waals surface area contributed by atoms with Crippen molar-refractivity contribution in [2.45, 2.75) is 12.5 Å². The van der Waals surface area contributed by atoms with E-state index in [0.717, 1.165) is 5.56 Å². The smallest absolute Gasteiger partial charge is 0.326 e. The molecule has 0 spiro atoms. The summed E-state index contributed by atoms with van der Waals surface area (Å²) in [6, 6.07) is 7.68. The fourth-order valence-electron chi connectivity index (χ4n) is 1.42. The fraction of sp³-hybridized carbons (Fsp3) is 0.231. The molecular formula is C13H16N2O3. The third kappa shape index (κ3) is 4.69. The summed E-state index contributed by atoms with van der Waals surface area (Å²) in [6.45, 7) is 3.75. The van der Waals surface area contributed by atoms with Crippen LogP contribution in [0.5, 0.6) is 0 Å². The average Bonchev–Trinajstić information content (AvgIpc) is 2.36. The van der Waals surface area contributed by atoms with E-state index in [2.05, 4.69) is 17.2 Å². The summed E-state index contributed by atoms with van der Waals surface area (Å²) in [7, 11) is 0. The monoisotopic (exact) mass is 248 g/mol. The molecule has 0 fully saturated rings. The summed E-state index contributed by atoms with van der Waals surface area (Å²) in [5, 5.41) is 13.9.